The van der Waals surface area contributed by atoms with Gasteiger partial charge in [-0.05, 0) is 46.0 Å². The summed E-state index contributed by atoms with van der Waals surface area (Å²) in [4.78, 5) is 13.7. The van der Waals surface area contributed by atoms with E-state index in [9.17, 15) is 4.79 Å². The van der Waals surface area contributed by atoms with Gasteiger partial charge in [-0.25, -0.2) is 4.79 Å². The molecule has 1 amide bonds. The predicted molar refractivity (Wildman–Crippen MR) is 69.9 cm³/mol. The van der Waals surface area contributed by atoms with E-state index >= 15 is 0 Å². The first-order valence-electron chi connectivity index (χ1n) is 6.62. The second kappa shape index (κ2) is 5.60. The van der Waals surface area contributed by atoms with E-state index in [0.717, 1.165) is 6.42 Å². The van der Waals surface area contributed by atoms with Gasteiger partial charge in [0.25, 0.3) is 0 Å². The quantitative estimate of drug-likeness (QED) is 0.720. The van der Waals surface area contributed by atoms with Crippen molar-refractivity contribution in [2.24, 2.45) is 17.8 Å². The number of carbonyl (C=O) groups is 1. The number of hydrogen-bond donors (Lipinski definition) is 0. The molecule has 1 rings (SSSR count). The zero-order chi connectivity index (χ0) is 13.9. The topological polar surface area (TPSA) is 53.3 Å². The Bertz CT molecular complexity index is 341. The zero-order valence-electron chi connectivity index (χ0n) is 12.1. The summed E-state index contributed by atoms with van der Waals surface area (Å²) in [7, 11) is 0. The number of likely N-dealkylation sites (tertiary alicyclic amines) is 1. The van der Waals surface area contributed by atoms with E-state index < -0.39 is 5.60 Å². The molecular weight excluding hydrogens is 228 g/mol. The van der Waals surface area contributed by atoms with Gasteiger partial charge in [0.2, 0.25) is 0 Å². The summed E-state index contributed by atoms with van der Waals surface area (Å²) in [6.07, 6.45) is 0.646. The van der Waals surface area contributed by atoms with E-state index in [2.05, 4.69) is 13.0 Å². The second-order valence-electron chi connectivity index (χ2n) is 6.27. The fourth-order valence-corrected chi connectivity index (χ4v) is 2.49. The Kier molecular flexibility index (Phi) is 4.61. The highest BCUT2D eigenvalue weighted by Gasteiger charge is 2.33. The average Bonchev–Trinajstić information content (AvgIpc) is 2.25. The zero-order valence-corrected chi connectivity index (χ0v) is 12.1. The van der Waals surface area contributed by atoms with Crippen LogP contribution in [0.3, 0.4) is 0 Å². The van der Waals surface area contributed by atoms with Gasteiger partial charge < -0.3 is 9.64 Å². The van der Waals surface area contributed by atoms with Crippen molar-refractivity contribution >= 4 is 6.09 Å². The van der Waals surface area contributed by atoms with Gasteiger partial charge in [0.15, 0.2) is 0 Å². The predicted octanol–water partition coefficient (Wildman–Crippen LogP) is 3.04. The summed E-state index contributed by atoms with van der Waals surface area (Å²) in [5, 5.41) is 8.98. The van der Waals surface area contributed by atoms with Crippen molar-refractivity contribution in [2.75, 3.05) is 13.1 Å². The van der Waals surface area contributed by atoms with Gasteiger partial charge in [-0.1, -0.05) is 6.92 Å². The van der Waals surface area contributed by atoms with Crippen LogP contribution in [0.1, 0.15) is 41.0 Å². The number of ether oxygens (including phenoxy) is 1. The summed E-state index contributed by atoms with van der Waals surface area (Å²) >= 11 is 0. The number of nitrogens with zero attached hydrogens (tertiary/aromatic N) is 2. The summed E-state index contributed by atoms with van der Waals surface area (Å²) in [6.45, 7) is 11.1. The maximum Gasteiger partial charge on any atom is 0.410 e. The number of rotatable bonds is 1. The lowest BCUT2D eigenvalue weighted by atomic mass is 9.79. The second-order valence-corrected chi connectivity index (χ2v) is 6.27. The molecule has 4 heteroatoms. The fraction of sp³-hybridized carbons (Fsp3) is 0.857. The van der Waals surface area contributed by atoms with E-state index in [-0.39, 0.29) is 12.0 Å². The molecule has 0 aromatic rings. The van der Waals surface area contributed by atoms with Crippen LogP contribution in [-0.4, -0.2) is 29.7 Å². The van der Waals surface area contributed by atoms with Crippen LogP contribution in [0.2, 0.25) is 0 Å². The normalized spacial score (nSPS) is 26.3. The van der Waals surface area contributed by atoms with Crippen LogP contribution in [0, 0.1) is 29.1 Å². The largest absolute Gasteiger partial charge is 0.444 e. The first-order chi connectivity index (χ1) is 8.24. The molecule has 102 valence electrons. The van der Waals surface area contributed by atoms with E-state index in [4.69, 9.17) is 10.00 Å². The third-order valence-electron chi connectivity index (χ3n) is 3.47. The highest BCUT2D eigenvalue weighted by atomic mass is 16.6. The van der Waals surface area contributed by atoms with Crippen LogP contribution >= 0.6 is 0 Å². The smallest absolute Gasteiger partial charge is 0.410 e. The maximum atomic E-state index is 11.9. The molecule has 1 aliphatic rings. The minimum atomic E-state index is -0.447. The number of amides is 1. The summed E-state index contributed by atoms with van der Waals surface area (Å²) in [5.41, 5.74) is -0.447. The molecule has 0 spiro atoms. The first kappa shape index (κ1) is 14.8. The third-order valence-corrected chi connectivity index (χ3v) is 3.47. The van der Waals surface area contributed by atoms with Crippen LogP contribution < -0.4 is 0 Å². The molecule has 0 radical (unpaired) electrons. The van der Waals surface area contributed by atoms with Gasteiger partial charge in [0.05, 0.1) is 6.07 Å². The van der Waals surface area contributed by atoms with Crippen LogP contribution in [0.25, 0.3) is 0 Å². The lowest BCUT2D eigenvalue weighted by molar-refractivity contribution is 0.00942. The van der Waals surface area contributed by atoms with Crippen molar-refractivity contribution in [1.29, 1.82) is 5.26 Å². The van der Waals surface area contributed by atoms with Crippen molar-refractivity contribution in [3.8, 4) is 6.07 Å². The molecule has 1 heterocycles. The van der Waals surface area contributed by atoms with E-state index in [0.29, 0.717) is 24.9 Å². The highest BCUT2D eigenvalue weighted by Crippen LogP contribution is 2.30. The lowest BCUT2D eigenvalue weighted by Crippen LogP contribution is -2.46. The van der Waals surface area contributed by atoms with Gasteiger partial charge in [0, 0.05) is 19.0 Å². The number of piperidine rings is 1. The molecule has 3 atom stereocenters. The Morgan fingerprint density at radius 3 is 2.56 bits per heavy atom. The molecule has 0 aromatic heterocycles. The monoisotopic (exact) mass is 252 g/mol. The summed E-state index contributed by atoms with van der Waals surface area (Å²) in [5.74, 6) is 0.787. The van der Waals surface area contributed by atoms with Crippen LogP contribution in [0.4, 0.5) is 4.79 Å². The Morgan fingerprint density at radius 2 is 2.11 bits per heavy atom. The van der Waals surface area contributed by atoms with Gasteiger partial charge in [-0.2, -0.15) is 5.26 Å². The highest BCUT2D eigenvalue weighted by molar-refractivity contribution is 5.68. The van der Waals surface area contributed by atoms with E-state index in [1.165, 1.54) is 0 Å². The SMILES string of the molecule is CC(C#N)C1CCN(C(=O)OC(C)(C)C)CC1C. The minimum absolute atomic E-state index is 0.0563. The molecule has 0 aromatic carbocycles. The molecule has 1 aliphatic heterocycles. The molecule has 4 nitrogen and oxygen atoms in total. The molecule has 0 aliphatic carbocycles. The molecular formula is C14H24N2O2. The minimum Gasteiger partial charge on any atom is -0.444 e. The molecule has 0 N–H and O–H groups in total. The Balaban J connectivity index is 2.56. The molecule has 0 bridgehead atoms. The van der Waals surface area contributed by atoms with Crippen molar-refractivity contribution in [1.82, 2.24) is 4.90 Å². The first-order valence-corrected chi connectivity index (χ1v) is 6.62. The van der Waals surface area contributed by atoms with Crippen molar-refractivity contribution in [2.45, 2.75) is 46.6 Å². The summed E-state index contributed by atoms with van der Waals surface area (Å²) < 4.78 is 5.37. The van der Waals surface area contributed by atoms with E-state index in [1.54, 1.807) is 4.90 Å². The van der Waals surface area contributed by atoms with E-state index in [1.807, 2.05) is 27.7 Å². The maximum absolute atomic E-state index is 11.9. The number of hydrogen-bond acceptors (Lipinski definition) is 3. The van der Waals surface area contributed by atoms with Gasteiger partial charge >= 0.3 is 6.09 Å². The van der Waals surface area contributed by atoms with Crippen LogP contribution in [-0.2, 0) is 4.74 Å². The van der Waals surface area contributed by atoms with Gasteiger partial charge in [0.1, 0.15) is 5.60 Å². The average molecular weight is 252 g/mol. The van der Waals surface area contributed by atoms with Gasteiger partial charge in [-0.15, -0.1) is 0 Å². The Hall–Kier alpha value is -1.24. The fourth-order valence-electron chi connectivity index (χ4n) is 2.49. The number of nitriles is 1. The summed E-state index contributed by atoms with van der Waals surface area (Å²) in [6, 6.07) is 2.31. The number of carbonyl (C=O) groups excluding carboxylic acids is 1. The van der Waals surface area contributed by atoms with Crippen LogP contribution in [0.15, 0.2) is 0 Å². The Morgan fingerprint density at radius 1 is 1.50 bits per heavy atom. The standard InChI is InChI=1S/C14H24N2O2/c1-10(8-15)12-6-7-16(9-11(12)2)13(17)18-14(3,4)5/h10-12H,6-7,9H2,1-5H3. The Labute approximate surface area is 110 Å². The molecule has 18 heavy (non-hydrogen) atoms. The molecule has 3 unspecified atom stereocenters. The van der Waals surface area contributed by atoms with Crippen molar-refractivity contribution in [3.63, 3.8) is 0 Å². The van der Waals surface area contributed by atoms with Crippen LogP contribution in [0.5, 0.6) is 0 Å². The third kappa shape index (κ3) is 3.90. The lowest BCUT2D eigenvalue weighted by Gasteiger charge is -2.38. The molecule has 1 saturated heterocycles. The molecule has 1 fully saturated rings. The van der Waals surface area contributed by atoms with Gasteiger partial charge in [-0.3, -0.25) is 0 Å². The molecule has 0 saturated carbocycles. The van der Waals surface area contributed by atoms with Crippen molar-refractivity contribution in [3.05, 3.63) is 0 Å². The van der Waals surface area contributed by atoms with Crippen molar-refractivity contribution < 1.29 is 9.53 Å².